The number of rotatable bonds is 5. The van der Waals surface area contributed by atoms with E-state index in [9.17, 15) is 0 Å². The lowest BCUT2D eigenvalue weighted by Gasteiger charge is -2.40. The summed E-state index contributed by atoms with van der Waals surface area (Å²) in [5.74, 6) is 17.8. The summed E-state index contributed by atoms with van der Waals surface area (Å²) in [5, 5.41) is 0. The van der Waals surface area contributed by atoms with Crippen molar-refractivity contribution in [3.63, 3.8) is 0 Å². The fourth-order valence-electron chi connectivity index (χ4n) is 23.8. The highest BCUT2D eigenvalue weighted by Gasteiger charge is 2.53. The van der Waals surface area contributed by atoms with Gasteiger partial charge in [0.05, 0.1) is 0 Å². The Morgan fingerprint density at radius 2 is 0.819 bits per heavy atom. The van der Waals surface area contributed by atoms with Crippen LogP contribution in [0.3, 0.4) is 0 Å². The largest absolute Gasteiger partial charge is 0.0651 e. The molecule has 13 rings (SSSR count). The van der Waals surface area contributed by atoms with Crippen LogP contribution in [0.5, 0.6) is 0 Å². The molecule has 490 valence electrons. The van der Waals surface area contributed by atoms with Gasteiger partial charge in [0.1, 0.15) is 0 Å². The van der Waals surface area contributed by atoms with E-state index in [1.807, 2.05) is 0 Å². The first-order valence-electron chi connectivity index (χ1n) is 38.0. The second kappa shape index (κ2) is 28.3. The normalized spacial score (nSPS) is 39.0. The van der Waals surface area contributed by atoms with E-state index in [4.69, 9.17) is 0 Å². The van der Waals surface area contributed by atoms with Gasteiger partial charge in [-0.15, -0.1) is 0 Å². The minimum Gasteiger partial charge on any atom is -0.0651 e. The third kappa shape index (κ3) is 17.7. The summed E-state index contributed by atoms with van der Waals surface area (Å²) in [6, 6.07) is 0. The van der Waals surface area contributed by atoms with E-state index in [1.54, 1.807) is 64.2 Å². The van der Waals surface area contributed by atoms with E-state index in [-0.39, 0.29) is 0 Å². The predicted molar refractivity (Wildman–Crippen MR) is 373 cm³/mol. The van der Waals surface area contributed by atoms with E-state index in [0.717, 1.165) is 101 Å². The van der Waals surface area contributed by atoms with Gasteiger partial charge in [-0.05, 0) is 283 Å². The lowest BCUT2D eigenvalue weighted by Crippen LogP contribution is -2.31. The molecule has 13 saturated carbocycles. The topological polar surface area (TPSA) is 0 Å². The quantitative estimate of drug-likeness (QED) is 0.257. The average Bonchev–Trinajstić information content (AvgIpc) is 4.47. The summed E-state index contributed by atoms with van der Waals surface area (Å²) in [6.07, 6.45) is 40.0. The summed E-state index contributed by atoms with van der Waals surface area (Å²) in [7, 11) is 0. The molecule has 0 spiro atoms. The second-order valence-electron chi connectivity index (χ2n) is 40.1. The van der Waals surface area contributed by atoms with Crippen LogP contribution in [-0.2, 0) is 0 Å². The fourth-order valence-corrected chi connectivity index (χ4v) is 23.8. The highest BCUT2D eigenvalue weighted by Crippen LogP contribution is 2.63. The van der Waals surface area contributed by atoms with Gasteiger partial charge in [-0.1, -0.05) is 246 Å². The molecule has 0 N–H and O–H groups in total. The summed E-state index contributed by atoms with van der Waals surface area (Å²) in [4.78, 5) is 0. The second-order valence-corrected chi connectivity index (χ2v) is 40.1. The maximum Gasteiger partial charge on any atom is -0.0288 e. The Labute approximate surface area is 526 Å². The van der Waals surface area contributed by atoms with Gasteiger partial charge in [-0.2, -0.15) is 0 Å². The molecular weight excluding hydrogens is 997 g/mol. The molecule has 0 aromatic heterocycles. The van der Waals surface area contributed by atoms with Crippen LogP contribution < -0.4 is 0 Å². The first-order chi connectivity index (χ1) is 38.0. The van der Waals surface area contributed by atoms with Gasteiger partial charge >= 0.3 is 0 Å². The van der Waals surface area contributed by atoms with Crippen LogP contribution in [0.25, 0.3) is 0 Å². The molecule has 13 aliphatic rings. The molecule has 0 aliphatic heterocycles. The Hall–Kier alpha value is 0. The highest BCUT2D eigenvalue weighted by atomic mass is 14.6. The zero-order valence-corrected chi connectivity index (χ0v) is 62.9. The van der Waals surface area contributed by atoms with E-state index >= 15 is 0 Å². The summed E-state index contributed by atoms with van der Waals surface area (Å²) in [5.41, 5.74) is 5.78. The third-order valence-electron chi connectivity index (χ3n) is 30.9. The summed E-state index contributed by atoms with van der Waals surface area (Å²) < 4.78 is 0. The first-order valence-corrected chi connectivity index (χ1v) is 38.0. The van der Waals surface area contributed by atoms with Crippen molar-refractivity contribution >= 4 is 0 Å². The molecule has 0 saturated heterocycles. The Kier molecular flexibility index (Phi) is 25.1. The Balaban J connectivity index is 0.000000174. The van der Waals surface area contributed by atoms with Gasteiger partial charge in [0, 0.05) is 0 Å². The van der Waals surface area contributed by atoms with Gasteiger partial charge in [0.2, 0.25) is 0 Å². The van der Waals surface area contributed by atoms with Crippen molar-refractivity contribution in [3.8, 4) is 0 Å². The van der Waals surface area contributed by atoms with Crippen molar-refractivity contribution in [2.45, 2.75) is 374 Å². The minimum atomic E-state index is 0.526. The SMILES string of the molecule is CC(C)C1C(C)(C)CCC1(C)C.CC1C2CCC(C2)[C@H]1C.CCC1(C)CC(C)(C)C(C)(C)C1.CCC1C(C)(C)CCC1(C)C.CCC1CC(C)(C)C(C)(C)C1.CCC1CC2CCC1C2.C[C@@H]1C2CCC(C2)C1(C)C.C[C@H]1CC2CCC1CC2. The molecule has 8 unspecified atom stereocenters. The lowest BCUT2D eigenvalue weighted by molar-refractivity contribution is 0.104. The van der Waals surface area contributed by atoms with Crippen LogP contribution in [0.2, 0.25) is 0 Å². The van der Waals surface area contributed by atoms with Crippen LogP contribution in [-0.4, -0.2) is 0 Å². The van der Waals surface area contributed by atoms with Gasteiger partial charge in [0.15, 0.2) is 0 Å². The van der Waals surface area contributed by atoms with Crippen LogP contribution in [0.15, 0.2) is 0 Å². The van der Waals surface area contributed by atoms with E-state index in [2.05, 4.69) is 201 Å². The monoisotopic (exact) mass is 1160 g/mol. The van der Waals surface area contributed by atoms with Crippen molar-refractivity contribution in [2.75, 3.05) is 0 Å². The van der Waals surface area contributed by atoms with E-state index in [1.165, 1.54) is 109 Å². The van der Waals surface area contributed by atoms with E-state index in [0.29, 0.717) is 54.1 Å². The first kappa shape index (κ1) is 73.7. The van der Waals surface area contributed by atoms with Crippen molar-refractivity contribution < 1.29 is 0 Å². The zero-order chi connectivity index (χ0) is 62.9. The smallest absolute Gasteiger partial charge is 0.0288 e. The molecule has 11 atom stereocenters. The molecule has 0 amide bonds. The molecule has 0 nitrogen and oxygen atoms in total. The minimum absolute atomic E-state index is 0.526. The predicted octanol–water partition coefficient (Wildman–Crippen LogP) is 27.5. The maximum absolute atomic E-state index is 2.46. The van der Waals surface area contributed by atoms with Gasteiger partial charge < -0.3 is 0 Å². The molecule has 0 aromatic rings. The van der Waals surface area contributed by atoms with Crippen LogP contribution in [0.4, 0.5) is 0 Å². The molecule has 83 heavy (non-hydrogen) atoms. The van der Waals surface area contributed by atoms with Gasteiger partial charge in [-0.25, -0.2) is 0 Å². The van der Waals surface area contributed by atoms with Crippen LogP contribution in [0, 0.1) is 155 Å². The highest BCUT2D eigenvalue weighted by molar-refractivity contribution is 5.03. The number of fused-ring (bicyclic) bond motifs is 9. The van der Waals surface area contributed by atoms with Crippen molar-refractivity contribution in [1.29, 1.82) is 0 Å². The Morgan fingerprint density at radius 3 is 1.04 bits per heavy atom. The van der Waals surface area contributed by atoms with E-state index < -0.39 is 0 Å². The molecular formula is C83H158. The molecule has 0 heterocycles. The van der Waals surface area contributed by atoms with Gasteiger partial charge in [-0.3, -0.25) is 0 Å². The molecule has 0 aromatic carbocycles. The Bertz CT molecular complexity index is 1820. The Morgan fingerprint density at radius 1 is 0.386 bits per heavy atom. The average molecular weight is 1160 g/mol. The molecule has 8 bridgehead atoms. The standard InChI is InChI=1S/2C12H24.2C11H22.C10H18.3C9H16/c1-9(2)10-11(3,4)7-8-12(10,5)6;1-7-12(6)8-10(2,3)11(4,5)9-12;1-6-9-7-10(2,3)11(4,5)8-9;1-6-9-10(2,3)7-8-11(9,4)5;1-7-8-4-5-9(6-8)10(7,2)3;1-6-7(2)9-4-3-8(6)5-9;1-7-6-8-2-4-9(7)5-3-8;1-2-8-5-7-3-4-9(8)6-7/h9-10H,7-8H2,1-6H3;7-9H2,1-6H3;2*9H,6-8H2,1-5H3;7-9H,4-6H2,1-3H3;6-9H,3-5H2,1-2H3;2*7-9H,2-6H2,1H3/t;;;;7-,8?,9?;6-,7?,8?,9?;7-,8?,9?;/m....100./s1. The maximum atomic E-state index is 2.46. The summed E-state index contributed by atoms with van der Waals surface area (Å²) in [6.45, 7) is 70.0. The van der Waals surface area contributed by atoms with Crippen molar-refractivity contribution in [2.24, 2.45) is 155 Å². The van der Waals surface area contributed by atoms with Gasteiger partial charge in [0.25, 0.3) is 0 Å². The fraction of sp³-hybridized carbons (Fsp3) is 1.00. The molecule has 0 radical (unpaired) electrons. The van der Waals surface area contributed by atoms with Crippen molar-refractivity contribution in [3.05, 3.63) is 0 Å². The molecule has 13 fully saturated rings. The van der Waals surface area contributed by atoms with Crippen molar-refractivity contribution in [1.82, 2.24) is 0 Å². The van der Waals surface area contributed by atoms with Crippen LogP contribution in [0.1, 0.15) is 374 Å². The molecule has 13 aliphatic carbocycles. The number of hydrogen-bond acceptors (Lipinski definition) is 0. The number of hydrogen-bond donors (Lipinski definition) is 0. The summed E-state index contributed by atoms with van der Waals surface area (Å²) >= 11 is 0. The lowest BCUT2D eigenvalue weighted by atomic mass is 9.65. The van der Waals surface area contributed by atoms with Crippen LogP contribution >= 0.6 is 0 Å². The third-order valence-corrected chi connectivity index (χ3v) is 30.9. The zero-order valence-electron chi connectivity index (χ0n) is 62.9. The molecule has 0 heteroatoms.